The zero-order valence-corrected chi connectivity index (χ0v) is 13.4. The molecule has 0 aliphatic carbocycles. The maximum Gasteiger partial charge on any atom is 0.269 e. The van der Waals surface area contributed by atoms with Crippen LogP contribution in [0.3, 0.4) is 0 Å². The second-order valence-electron chi connectivity index (χ2n) is 5.77. The number of carbonyl (C=O) groups is 2. The van der Waals surface area contributed by atoms with Crippen LogP contribution in [0.1, 0.15) is 56.4 Å². The highest BCUT2D eigenvalue weighted by atomic mass is 16.2. The van der Waals surface area contributed by atoms with Crippen LogP contribution in [0.2, 0.25) is 0 Å². The van der Waals surface area contributed by atoms with Crippen molar-refractivity contribution < 1.29 is 9.59 Å². The molecule has 1 heterocycles. The van der Waals surface area contributed by atoms with Gasteiger partial charge in [-0.15, -0.1) is 0 Å². The van der Waals surface area contributed by atoms with E-state index in [9.17, 15) is 9.59 Å². The second kappa shape index (κ2) is 9.94. The highest BCUT2D eigenvalue weighted by molar-refractivity contribution is 5.95. The van der Waals surface area contributed by atoms with E-state index in [-0.39, 0.29) is 17.7 Å². The van der Waals surface area contributed by atoms with Crippen LogP contribution in [0.25, 0.3) is 0 Å². The van der Waals surface area contributed by atoms with Gasteiger partial charge < -0.3 is 16.4 Å². The number of carbonyl (C=O) groups excluding carboxylic acids is 2. The summed E-state index contributed by atoms with van der Waals surface area (Å²) in [5.74, 6) is 0.337. The summed E-state index contributed by atoms with van der Waals surface area (Å²) in [7, 11) is 0. The Labute approximate surface area is 131 Å². The van der Waals surface area contributed by atoms with E-state index in [0.29, 0.717) is 31.0 Å². The lowest BCUT2D eigenvalue weighted by Gasteiger charge is -2.04. The predicted octanol–water partition coefficient (Wildman–Crippen LogP) is 1.64. The minimum Gasteiger partial charge on any atom is -0.351 e. The number of nitrogens with one attached hydrogen (secondary N) is 3. The van der Waals surface area contributed by atoms with Gasteiger partial charge in [0, 0.05) is 19.0 Å². The number of hydrogen-bond donors (Lipinski definition) is 4. The number of hydrogen-bond acceptors (Lipinski definition) is 4. The summed E-state index contributed by atoms with van der Waals surface area (Å²) < 4.78 is 0. The Morgan fingerprint density at radius 2 is 2.00 bits per heavy atom. The van der Waals surface area contributed by atoms with Crippen LogP contribution in [0.4, 0.5) is 5.82 Å². The van der Waals surface area contributed by atoms with Crippen LogP contribution < -0.4 is 16.4 Å². The molecule has 0 atom stereocenters. The molecule has 7 nitrogen and oxygen atoms in total. The van der Waals surface area contributed by atoms with Crippen molar-refractivity contribution in [3.63, 3.8) is 0 Å². The predicted molar refractivity (Wildman–Crippen MR) is 86.5 cm³/mol. The van der Waals surface area contributed by atoms with Gasteiger partial charge in [0.15, 0.2) is 5.82 Å². The Morgan fingerprint density at radius 1 is 1.27 bits per heavy atom. The Hall–Kier alpha value is -1.89. The van der Waals surface area contributed by atoms with E-state index >= 15 is 0 Å². The molecule has 0 saturated carbocycles. The topological polar surface area (TPSA) is 113 Å². The molecule has 1 aromatic heterocycles. The van der Waals surface area contributed by atoms with E-state index < -0.39 is 0 Å². The molecule has 22 heavy (non-hydrogen) atoms. The zero-order chi connectivity index (χ0) is 16.4. The Balaban J connectivity index is 2.30. The zero-order valence-electron chi connectivity index (χ0n) is 13.4. The molecule has 0 spiro atoms. The lowest BCUT2D eigenvalue weighted by Crippen LogP contribution is -2.24. The quantitative estimate of drug-likeness (QED) is 0.492. The molecular formula is C15H27N5O2. The van der Waals surface area contributed by atoms with Gasteiger partial charge in [0.1, 0.15) is 5.69 Å². The smallest absolute Gasteiger partial charge is 0.269 e. The van der Waals surface area contributed by atoms with Crippen molar-refractivity contribution in [3.8, 4) is 0 Å². The molecule has 0 aromatic carbocycles. The molecule has 0 unspecified atom stereocenters. The number of aromatic nitrogens is 2. The average molecular weight is 309 g/mol. The molecule has 0 aliphatic rings. The molecular weight excluding hydrogens is 282 g/mol. The van der Waals surface area contributed by atoms with E-state index in [1.807, 2.05) is 13.8 Å². The van der Waals surface area contributed by atoms with Crippen LogP contribution in [0.5, 0.6) is 0 Å². The van der Waals surface area contributed by atoms with Crippen molar-refractivity contribution in [2.45, 2.75) is 46.0 Å². The number of nitrogens with zero attached hydrogens (tertiary/aromatic N) is 1. The van der Waals surface area contributed by atoms with Crippen LogP contribution >= 0.6 is 0 Å². The van der Waals surface area contributed by atoms with Crippen molar-refractivity contribution in [2.24, 2.45) is 11.7 Å². The fourth-order valence-electron chi connectivity index (χ4n) is 1.99. The first-order chi connectivity index (χ1) is 10.5. The second-order valence-corrected chi connectivity index (χ2v) is 5.77. The van der Waals surface area contributed by atoms with E-state index in [1.165, 1.54) is 0 Å². The number of aromatic amines is 1. The minimum atomic E-state index is -0.212. The van der Waals surface area contributed by atoms with Gasteiger partial charge in [0.05, 0.1) is 0 Å². The number of unbranched alkanes of at least 4 members (excludes halogenated alkanes) is 3. The van der Waals surface area contributed by atoms with Gasteiger partial charge in [0.2, 0.25) is 5.91 Å². The normalized spacial score (nSPS) is 10.7. The minimum absolute atomic E-state index is 0.103. The summed E-state index contributed by atoms with van der Waals surface area (Å²) in [5, 5.41) is 12.0. The average Bonchev–Trinajstić information content (AvgIpc) is 2.90. The number of H-pyrrole nitrogens is 1. The molecule has 124 valence electrons. The monoisotopic (exact) mass is 309 g/mol. The molecule has 1 aromatic rings. The summed E-state index contributed by atoms with van der Waals surface area (Å²) in [6, 6.07) is 1.54. The van der Waals surface area contributed by atoms with Crippen molar-refractivity contribution in [1.29, 1.82) is 0 Å². The van der Waals surface area contributed by atoms with E-state index in [1.54, 1.807) is 6.07 Å². The molecule has 5 N–H and O–H groups in total. The third-order valence-electron chi connectivity index (χ3n) is 3.10. The van der Waals surface area contributed by atoms with Gasteiger partial charge in [-0.1, -0.05) is 26.7 Å². The summed E-state index contributed by atoms with van der Waals surface area (Å²) in [5.41, 5.74) is 5.77. The van der Waals surface area contributed by atoms with Gasteiger partial charge >= 0.3 is 0 Å². The maximum absolute atomic E-state index is 11.9. The summed E-state index contributed by atoms with van der Waals surface area (Å²) in [6.07, 6.45) is 4.52. The van der Waals surface area contributed by atoms with Gasteiger partial charge in [-0.2, -0.15) is 5.10 Å². The molecule has 0 fully saturated rings. The molecule has 2 amide bonds. The Bertz CT molecular complexity index is 470. The largest absolute Gasteiger partial charge is 0.351 e. The Morgan fingerprint density at radius 3 is 2.68 bits per heavy atom. The molecule has 0 bridgehead atoms. The first-order valence-electron chi connectivity index (χ1n) is 7.86. The van der Waals surface area contributed by atoms with Crippen molar-refractivity contribution in [2.75, 3.05) is 18.4 Å². The van der Waals surface area contributed by atoms with Crippen molar-refractivity contribution in [3.05, 3.63) is 11.8 Å². The summed E-state index contributed by atoms with van der Waals surface area (Å²) in [6.45, 7) is 5.27. The molecule has 7 heteroatoms. The third kappa shape index (κ3) is 7.21. The lowest BCUT2D eigenvalue weighted by molar-refractivity contribution is -0.116. The van der Waals surface area contributed by atoms with Crippen LogP contribution in [0, 0.1) is 5.92 Å². The fourth-order valence-corrected chi connectivity index (χ4v) is 1.99. The van der Waals surface area contributed by atoms with Crippen molar-refractivity contribution in [1.82, 2.24) is 15.5 Å². The highest BCUT2D eigenvalue weighted by Crippen LogP contribution is 2.08. The number of rotatable bonds is 10. The molecule has 1 rings (SSSR count). The third-order valence-corrected chi connectivity index (χ3v) is 3.10. The lowest BCUT2D eigenvalue weighted by atomic mass is 10.1. The van der Waals surface area contributed by atoms with Gasteiger partial charge in [-0.25, -0.2) is 0 Å². The van der Waals surface area contributed by atoms with Gasteiger partial charge in [-0.3, -0.25) is 14.7 Å². The van der Waals surface area contributed by atoms with Crippen LogP contribution in [-0.2, 0) is 4.79 Å². The first kappa shape index (κ1) is 18.2. The Kier molecular flexibility index (Phi) is 8.21. The standard InChI is InChI=1S/C15H27N5O2/c1-11(2)9-14(21)18-13-10-12(19-20-13)15(22)17-8-6-4-3-5-7-16/h10-11H,3-9,16H2,1-2H3,(H,17,22)(H2,18,19,20,21). The van der Waals surface area contributed by atoms with E-state index in [0.717, 1.165) is 25.7 Å². The number of amides is 2. The highest BCUT2D eigenvalue weighted by Gasteiger charge is 2.11. The van der Waals surface area contributed by atoms with E-state index in [4.69, 9.17) is 5.73 Å². The number of nitrogens with two attached hydrogens (primary N) is 1. The van der Waals surface area contributed by atoms with Crippen LogP contribution in [0.15, 0.2) is 6.07 Å². The van der Waals surface area contributed by atoms with Crippen molar-refractivity contribution >= 4 is 17.6 Å². The molecule has 0 aliphatic heterocycles. The first-order valence-corrected chi connectivity index (χ1v) is 7.86. The summed E-state index contributed by atoms with van der Waals surface area (Å²) in [4.78, 5) is 23.5. The maximum atomic E-state index is 11.9. The number of anilines is 1. The van der Waals surface area contributed by atoms with Gasteiger partial charge in [0.25, 0.3) is 5.91 Å². The fraction of sp³-hybridized carbons (Fsp3) is 0.667. The molecule has 0 saturated heterocycles. The molecule has 0 radical (unpaired) electrons. The van der Waals surface area contributed by atoms with E-state index in [2.05, 4.69) is 20.8 Å². The van der Waals surface area contributed by atoms with Crippen LogP contribution in [-0.4, -0.2) is 35.1 Å². The van der Waals surface area contributed by atoms with Gasteiger partial charge in [-0.05, 0) is 25.3 Å². The SMILES string of the molecule is CC(C)CC(=O)Nc1cc(C(=O)NCCCCCCN)[nH]n1. The summed E-state index contributed by atoms with van der Waals surface area (Å²) >= 11 is 0.